The highest BCUT2D eigenvalue weighted by atomic mass is 16.5. The van der Waals surface area contributed by atoms with Gasteiger partial charge in [-0.3, -0.25) is 9.59 Å². The Hall–Kier alpha value is -4.12. The van der Waals surface area contributed by atoms with E-state index in [4.69, 9.17) is 15.2 Å². The molecule has 5 heteroatoms. The summed E-state index contributed by atoms with van der Waals surface area (Å²) in [5, 5.41) is 0. The third kappa shape index (κ3) is 7.43. The standard InChI is InChI=1S/C32H33NO4/c1-2-30(34)25-10-6-8-23(16-17-25)14-15-24-9-7-13-31(29(22-24)32(33)35)37-28-20-18-27(19-21-28)36-26-11-4-3-5-12-26/h2-5,9,11-15,18-23,25H,1,6-8,10,16-17H2,(H2,33,35). The zero-order valence-corrected chi connectivity index (χ0v) is 21.0. The van der Waals surface area contributed by atoms with Gasteiger partial charge in [-0.05, 0) is 98.2 Å². The molecule has 0 spiro atoms. The lowest BCUT2D eigenvalue weighted by Gasteiger charge is -2.12. The first-order chi connectivity index (χ1) is 18.0. The summed E-state index contributed by atoms with van der Waals surface area (Å²) >= 11 is 0. The molecule has 0 heterocycles. The van der Waals surface area contributed by atoms with Crippen LogP contribution in [0.15, 0.2) is 115 Å². The summed E-state index contributed by atoms with van der Waals surface area (Å²) in [6, 6.07) is 16.8. The zero-order chi connectivity index (χ0) is 26.0. The third-order valence-corrected chi connectivity index (χ3v) is 6.71. The molecule has 5 nitrogen and oxygen atoms in total. The van der Waals surface area contributed by atoms with Crippen LogP contribution in [0.25, 0.3) is 0 Å². The predicted molar refractivity (Wildman–Crippen MR) is 146 cm³/mol. The molecule has 2 aromatic carbocycles. The van der Waals surface area contributed by atoms with E-state index in [-0.39, 0.29) is 11.7 Å². The molecule has 2 N–H and O–H groups in total. The van der Waals surface area contributed by atoms with Gasteiger partial charge in [0.25, 0.3) is 5.91 Å². The van der Waals surface area contributed by atoms with Crippen molar-refractivity contribution in [3.8, 4) is 17.2 Å². The molecule has 190 valence electrons. The average molecular weight is 496 g/mol. The van der Waals surface area contributed by atoms with Crippen LogP contribution in [0, 0.1) is 11.8 Å². The number of allylic oxidation sites excluding steroid dienone is 7. The molecule has 0 saturated heterocycles. The molecule has 2 unspecified atom stereocenters. The van der Waals surface area contributed by atoms with Crippen LogP contribution in [0.4, 0.5) is 0 Å². The van der Waals surface area contributed by atoms with Crippen molar-refractivity contribution in [2.45, 2.75) is 38.5 Å². The minimum atomic E-state index is -0.545. The minimum absolute atomic E-state index is 0.0947. The molecule has 0 bridgehead atoms. The summed E-state index contributed by atoms with van der Waals surface area (Å²) in [5.74, 6) is 2.56. The second kappa shape index (κ2) is 12.7. The van der Waals surface area contributed by atoms with Crippen LogP contribution >= 0.6 is 0 Å². The molecular weight excluding hydrogens is 462 g/mol. The predicted octanol–water partition coefficient (Wildman–Crippen LogP) is 6.99. The first-order valence-electron chi connectivity index (χ1n) is 12.8. The van der Waals surface area contributed by atoms with Crippen LogP contribution in [0.3, 0.4) is 0 Å². The van der Waals surface area contributed by atoms with Gasteiger partial charge in [0.15, 0.2) is 5.78 Å². The lowest BCUT2D eigenvalue weighted by molar-refractivity contribution is -0.118. The first-order valence-corrected chi connectivity index (χ1v) is 12.8. The van der Waals surface area contributed by atoms with Crippen molar-refractivity contribution in [3.63, 3.8) is 0 Å². The number of rotatable bonds is 9. The molecule has 1 fully saturated rings. The number of carbonyl (C=O) groups excluding carboxylic acids is 2. The molecule has 2 aliphatic carbocycles. The molecule has 4 rings (SSSR count). The quantitative estimate of drug-likeness (QED) is 0.300. The van der Waals surface area contributed by atoms with E-state index in [0.29, 0.717) is 35.2 Å². The van der Waals surface area contributed by atoms with Gasteiger partial charge in [-0.1, -0.05) is 49.4 Å². The second-order valence-corrected chi connectivity index (χ2v) is 9.35. The van der Waals surface area contributed by atoms with Crippen LogP contribution in [-0.2, 0) is 9.59 Å². The van der Waals surface area contributed by atoms with E-state index in [1.807, 2.05) is 54.6 Å². The fourth-order valence-electron chi connectivity index (χ4n) is 4.66. The number of para-hydroxylation sites is 1. The summed E-state index contributed by atoms with van der Waals surface area (Å²) in [6.45, 7) is 3.63. The SMILES string of the molecule is C=CC(=O)C1CCCC(C=CC2=CCC=C(Oc3ccc(Oc4ccccc4)cc3)C(C(N)=O)=C2)CC1. The van der Waals surface area contributed by atoms with Gasteiger partial charge in [0.1, 0.15) is 23.0 Å². The molecule has 2 atom stereocenters. The normalized spacial score (nSPS) is 20.1. The molecule has 0 aliphatic heterocycles. The van der Waals surface area contributed by atoms with Crippen LogP contribution in [0.2, 0.25) is 0 Å². The molecule has 0 aromatic heterocycles. The van der Waals surface area contributed by atoms with Gasteiger partial charge in [0.2, 0.25) is 0 Å². The number of amides is 1. The van der Waals surface area contributed by atoms with Gasteiger partial charge in [0.05, 0.1) is 5.57 Å². The summed E-state index contributed by atoms with van der Waals surface area (Å²) in [7, 11) is 0. The Morgan fingerprint density at radius 3 is 2.27 bits per heavy atom. The second-order valence-electron chi connectivity index (χ2n) is 9.35. The highest BCUT2D eigenvalue weighted by Gasteiger charge is 2.21. The van der Waals surface area contributed by atoms with E-state index in [9.17, 15) is 9.59 Å². The van der Waals surface area contributed by atoms with Crippen molar-refractivity contribution in [1.29, 1.82) is 0 Å². The van der Waals surface area contributed by atoms with Gasteiger partial charge < -0.3 is 15.2 Å². The van der Waals surface area contributed by atoms with Crippen LogP contribution in [0.1, 0.15) is 38.5 Å². The topological polar surface area (TPSA) is 78.6 Å². The number of ketones is 1. The Morgan fingerprint density at radius 1 is 0.865 bits per heavy atom. The van der Waals surface area contributed by atoms with E-state index < -0.39 is 5.91 Å². The average Bonchev–Trinajstić information content (AvgIpc) is 3.27. The maximum atomic E-state index is 12.3. The number of ether oxygens (including phenoxy) is 2. The first kappa shape index (κ1) is 26.0. The maximum Gasteiger partial charge on any atom is 0.252 e. The van der Waals surface area contributed by atoms with Crippen LogP contribution in [-0.4, -0.2) is 11.7 Å². The Labute approximate surface area is 218 Å². The van der Waals surface area contributed by atoms with Gasteiger partial charge in [0, 0.05) is 5.92 Å². The fraction of sp³-hybridized carbons (Fsp3) is 0.250. The monoisotopic (exact) mass is 495 g/mol. The number of carbonyl (C=O) groups is 2. The van der Waals surface area contributed by atoms with Gasteiger partial charge in [-0.25, -0.2) is 0 Å². The van der Waals surface area contributed by atoms with E-state index >= 15 is 0 Å². The van der Waals surface area contributed by atoms with Crippen molar-refractivity contribution < 1.29 is 19.1 Å². The molecule has 1 amide bonds. The number of hydrogen-bond acceptors (Lipinski definition) is 4. The highest BCUT2D eigenvalue weighted by Crippen LogP contribution is 2.30. The van der Waals surface area contributed by atoms with E-state index in [0.717, 1.165) is 43.4 Å². The molecule has 2 aromatic rings. The van der Waals surface area contributed by atoms with Gasteiger partial charge >= 0.3 is 0 Å². The minimum Gasteiger partial charge on any atom is -0.457 e. The van der Waals surface area contributed by atoms with E-state index in [1.54, 1.807) is 18.2 Å². The van der Waals surface area contributed by atoms with E-state index in [1.165, 1.54) is 6.08 Å². The van der Waals surface area contributed by atoms with Crippen LogP contribution in [0.5, 0.6) is 17.2 Å². The Kier molecular flexibility index (Phi) is 8.93. The summed E-state index contributed by atoms with van der Waals surface area (Å²) in [4.78, 5) is 24.3. The largest absolute Gasteiger partial charge is 0.457 e. The fourth-order valence-corrected chi connectivity index (χ4v) is 4.66. The van der Waals surface area contributed by atoms with Gasteiger partial charge in [-0.15, -0.1) is 0 Å². The summed E-state index contributed by atoms with van der Waals surface area (Å²) in [6.07, 6.45) is 16.9. The Balaban J connectivity index is 1.40. The lowest BCUT2D eigenvalue weighted by atomic mass is 9.94. The maximum absolute atomic E-state index is 12.3. The Morgan fingerprint density at radius 2 is 1.57 bits per heavy atom. The number of primary amides is 1. The van der Waals surface area contributed by atoms with Crippen molar-refractivity contribution in [1.82, 2.24) is 0 Å². The molecule has 0 radical (unpaired) electrons. The molecular formula is C32H33NO4. The number of benzene rings is 2. The molecule has 1 saturated carbocycles. The third-order valence-electron chi connectivity index (χ3n) is 6.71. The van der Waals surface area contributed by atoms with Crippen molar-refractivity contribution in [2.24, 2.45) is 17.6 Å². The van der Waals surface area contributed by atoms with Crippen LogP contribution < -0.4 is 15.2 Å². The highest BCUT2D eigenvalue weighted by molar-refractivity contribution is 5.97. The molecule has 2 aliphatic rings. The number of nitrogens with two attached hydrogens (primary N) is 1. The lowest BCUT2D eigenvalue weighted by Crippen LogP contribution is -2.18. The zero-order valence-electron chi connectivity index (χ0n) is 21.0. The number of hydrogen-bond donors (Lipinski definition) is 1. The molecule has 37 heavy (non-hydrogen) atoms. The van der Waals surface area contributed by atoms with Crippen molar-refractivity contribution in [2.75, 3.05) is 0 Å². The summed E-state index contributed by atoms with van der Waals surface area (Å²) < 4.78 is 11.9. The van der Waals surface area contributed by atoms with E-state index in [2.05, 4.69) is 18.7 Å². The van der Waals surface area contributed by atoms with Gasteiger partial charge in [-0.2, -0.15) is 0 Å². The van der Waals surface area contributed by atoms with Crippen molar-refractivity contribution in [3.05, 3.63) is 115 Å². The summed E-state index contributed by atoms with van der Waals surface area (Å²) in [5.41, 5.74) is 6.97. The smallest absolute Gasteiger partial charge is 0.252 e. The van der Waals surface area contributed by atoms with Crippen molar-refractivity contribution >= 4 is 11.7 Å². The Bertz CT molecular complexity index is 1240.